The molecule has 0 unspecified atom stereocenters. The number of carbonyl (C=O) groups is 3. The molecule has 2 aliphatic heterocycles. The summed E-state index contributed by atoms with van der Waals surface area (Å²) in [6, 6.07) is 12.9. The predicted octanol–water partition coefficient (Wildman–Crippen LogP) is 0.908. The fraction of sp³-hybridized carbons (Fsp3) is 0.391. The van der Waals surface area contributed by atoms with Crippen LogP contribution in [-0.2, 0) is 14.4 Å². The summed E-state index contributed by atoms with van der Waals surface area (Å²) in [5, 5.41) is 2.72. The maximum absolute atomic E-state index is 12.6. The Morgan fingerprint density at radius 1 is 1.09 bits per heavy atom. The third-order valence-electron chi connectivity index (χ3n) is 5.90. The zero-order valence-electron chi connectivity index (χ0n) is 18.1. The minimum atomic E-state index is -0.474. The van der Waals surface area contributed by atoms with E-state index in [1.807, 2.05) is 18.2 Å². The van der Waals surface area contributed by atoms with E-state index in [0.717, 1.165) is 11.5 Å². The fourth-order valence-corrected chi connectivity index (χ4v) is 4.04. The first-order chi connectivity index (χ1) is 15.5. The van der Waals surface area contributed by atoms with Gasteiger partial charge in [0.05, 0.1) is 19.6 Å². The molecule has 1 aromatic carbocycles. The summed E-state index contributed by atoms with van der Waals surface area (Å²) in [5.41, 5.74) is 0.730. The van der Waals surface area contributed by atoms with Crippen molar-refractivity contribution in [2.75, 3.05) is 56.2 Å². The zero-order chi connectivity index (χ0) is 22.5. The van der Waals surface area contributed by atoms with Crippen molar-refractivity contribution in [3.63, 3.8) is 0 Å². The highest BCUT2D eigenvalue weighted by Gasteiger charge is 2.35. The van der Waals surface area contributed by atoms with Gasteiger partial charge < -0.3 is 24.8 Å². The second-order valence-electron chi connectivity index (χ2n) is 7.88. The summed E-state index contributed by atoms with van der Waals surface area (Å²) in [7, 11) is 1.58. The molecule has 0 radical (unpaired) electrons. The second kappa shape index (κ2) is 9.67. The summed E-state index contributed by atoms with van der Waals surface area (Å²) >= 11 is 0. The summed E-state index contributed by atoms with van der Waals surface area (Å²) in [6.45, 7) is 2.80. The lowest BCUT2D eigenvalue weighted by atomic mass is 10.1. The molecule has 0 spiro atoms. The number of hydrogen-bond donors (Lipinski definition) is 1. The van der Waals surface area contributed by atoms with E-state index in [2.05, 4.69) is 15.2 Å². The van der Waals surface area contributed by atoms with Crippen molar-refractivity contribution >= 4 is 29.2 Å². The van der Waals surface area contributed by atoms with Crippen molar-refractivity contribution in [2.24, 2.45) is 5.92 Å². The molecule has 2 aromatic rings. The first kappa shape index (κ1) is 21.6. The van der Waals surface area contributed by atoms with Crippen molar-refractivity contribution < 1.29 is 19.1 Å². The third-order valence-corrected chi connectivity index (χ3v) is 5.90. The van der Waals surface area contributed by atoms with Crippen LogP contribution in [0.4, 0.5) is 11.5 Å². The normalized spacial score (nSPS) is 18.6. The Hall–Kier alpha value is -3.62. The SMILES string of the molecule is COc1ccc(N2C[C@@H](C(=O)NCC(=O)N3CCN(c4ccccn4)CC3)CC2=O)cc1. The topological polar surface area (TPSA) is 95.1 Å². The van der Waals surface area contributed by atoms with Gasteiger partial charge >= 0.3 is 0 Å². The molecule has 9 nitrogen and oxygen atoms in total. The molecule has 4 rings (SSSR count). The van der Waals surface area contributed by atoms with Crippen LogP contribution >= 0.6 is 0 Å². The molecule has 1 atom stereocenters. The number of hydrogen-bond acceptors (Lipinski definition) is 6. The van der Waals surface area contributed by atoms with Crippen molar-refractivity contribution in [3.05, 3.63) is 48.7 Å². The van der Waals surface area contributed by atoms with E-state index >= 15 is 0 Å². The molecule has 3 amide bonds. The fourth-order valence-electron chi connectivity index (χ4n) is 4.04. The minimum Gasteiger partial charge on any atom is -0.497 e. The number of ether oxygens (including phenoxy) is 1. The van der Waals surface area contributed by atoms with Gasteiger partial charge in [0.25, 0.3) is 0 Å². The number of amides is 3. The van der Waals surface area contributed by atoms with Gasteiger partial charge in [0, 0.05) is 51.0 Å². The first-order valence-electron chi connectivity index (χ1n) is 10.7. The van der Waals surface area contributed by atoms with Gasteiger partial charge in [0.1, 0.15) is 11.6 Å². The molecule has 2 fully saturated rings. The van der Waals surface area contributed by atoms with Crippen LogP contribution in [0.25, 0.3) is 0 Å². The molecule has 1 aromatic heterocycles. The number of methoxy groups -OCH3 is 1. The van der Waals surface area contributed by atoms with Gasteiger partial charge in [-0.15, -0.1) is 0 Å². The Bertz CT molecular complexity index is 958. The Balaban J connectivity index is 1.24. The molecule has 2 aliphatic rings. The van der Waals surface area contributed by atoms with Crippen LogP contribution in [0.3, 0.4) is 0 Å². The van der Waals surface area contributed by atoms with E-state index in [1.54, 1.807) is 47.4 Å². The van der Waals surface area contributed by atoms with Crippen molar-refractivity contribution in [2.45, 2.75) is 6.42 Å². The molecule has 1 N–H and O–H groups in total. The smallest absolute Gasteiger partial charge is 0.242 e. The number of anilines is 2. The number of rotatable bonds is 6. The van der Waals surface area contributed by atoms with Gasteiger partial charge in [-0.2, -0.15) is 0 Å². The van der Waals surface area contributed by atoms with E-state index < -0.39 is 5.92 Å². The standard InChI is InChI=1S/C23H27N5O4/c1-32-19-7-5-18(6-8-19)28-16-17(14-21(28)29)23(31)25-15-22(30)27-12-10-26(11-13-27)20-4-2-3-9-24-20/h2-9,17H,10-16H2,1H3,(H,25,31)/t17-/m0/s1. The second-order valence-corrected chi connectivity index (χ2v) is 7.88. The first-order valence-corrected chi connectivity index (χ1v) is 10.7. The van der Waals surface area contributed by atoms with Gasteiger partial charge in [-0.1, -0.05) is 6.07 Å². The van der Waals surface area contributed by atoms with Gasteiger partial charge in [0.15, 0.2) is 0 Å². The molecule has 32 heavy (non-hydrogen) atoms. The molecule has 0 aliphatic carbocycles. The van der Waals surface area contributed by atoms with Crippen LogP contribution in [-0.4, -0.2) is 74.0 Å². The van der Waals surface area contributed by atoms with Crippen LogP contribution in [0.5, 0.6) is 5.75 Å². The minimum absolute atomic E-state index is 0.0599. The van der Waals surface area contributed by atoms with Crippen LogP contribution in [0.2, 0.25) is 0 Å². The summed E-state index contributed by atoms with van der Waals surface area (Å²) < 4.78 is 5.14. The van der Waals surface area contributed by atoms with E-state index in [0.29, 0.717) is 38.5 Å². The molecule has 0 saturated carbocycles. The molecule has 9 heteroatoms. The largest absolute Gasteiger partial charge is 0.497 e. The van der Waals surface area contributed by atoms with Crippen molar-refractivity contribution in [1.82, 2.24) is 15.2 Å². The van der Waals surface area contributed by atoms with Crippen molar-refractivity contribution in [1.29, 1.82) is 0 Å². The average Bonchev–Trinajstić information content (AvgIpc) is 3.24. The van der Waals surface area contributed by atoms with Gasteiger partial charge in [-0.05, 0) is 36.4 Å². The maximum atomic E-state index is 12.6. The molecule has 168 valence electrons. The van der Waals surface area contributed by atoms with Crippen LogP contribution in [0.1, 0.15) is 6.42 Å². The summed E-state index contributed by atoms with van der Waals surface area (Å²) in [4.78, 5) is 47.4. The lowest BCUT2D eigenvalue weighted by molar-refractivity contribution is -0.134. The number of nitrogens with zero attached hydrogens (tertiary/aromatic N) is 4. The molecule has 0 bridgehead atoms. The molecule has 2 saturated heterocycles. The summed E-state index contributed by atoms with van der Waals surface area (Å²) in [6.07, 6.45) is 1.89. The number of aromatic nitrogens is 1. The predicted molar refractivity (Wildman–Crippen MR) is 119 cm³/mol. The Labute approximate surface area is 187 Å². The zero-order valence-corrected chi connectivity index (χ0v) is 18.1. The number of benzene rings is 1. The average molecular weight is 438 g/mol. The monoisotopic (exact) mass is 437 g/mol. The van der Waals surface area contributed by atoms with E-state index in [4.69, 9.17) is 4.74 Å². The Morgan fingerprint density at radius 2 is 1.84 bits per heavy atom. The highest BCUT2D eigenvalue weighted by molar-refractivity contribution is 6.00. The molecular weight excluding hydrogens is 410 g/mol. The van der Waals surface area contributed by atoms with E-state index in [9.17, 15) is 14.4 Å². The Kier molecular flexibility index (Phi) is 6.53. The van der Waals surface area contributed by atoms with Gasteiger partial charge in [0.2, 0.25) is 17.7 Å². The van der Waals surface area contributed by atoms with Crippen LogP contribution < -0.4 is 19.9 Å². The van der Waals surface area contributed by atoms with Crippen LogP contribution in [0, 0.1) is 5.92 Å². The van der Waals surface area contributed by atoms with Gasteiger partial charge in [-0.25, -0.2) is 4.98 Å². The molecule has 3 heterocycles. The Morgan fingerprint density at radius 3 is 2.50 bits per heavy atom. The number of piperazine rings is 1. The summed E-state index contributed by atoms with van der Waals surface area (Å²) in [5.74, 6) is 0.644. The lowest BCUT2D eigenvalue weighted by Gasteiger charge is -2.35. The number of nitrogens with one attached hydrogen (secondary N) is 1. The van der Waals surface area contributed by atoms with E-state index in [-0.39, 0.29) is 30.7 Å². The molecular formula is C23H27N5O4. The number of pyridine rings is 1. The van der Waals surface area contributed by atoms with Gasteiger partial charge in [-0.3, -0.25) is 14.4 Å². The third kappa shape index (κ3) is 4.82. The number of carbonyl (C=O) groups excluding carboxylic acids is 3. The quantitative estimate of drug-likeness (QED) is 0.722. The van der Waals surface area contributed by atoms with E-state index in [1.165, 1.54) is 0 Å². The highest BCUT2D eigenvalue weighted by atomic mass is 16.5. The highest BCUT2D eigenvalue weighted by Crippen LogP contribution is 2.26. The lowest BCUT2D eigenvalue weighted by Crippen LogP contribution is -2.51. The van der Waals surface area contributed by atoms with Crippen LogP contribution in [0.15, 0.2) is 48.7 Å². The van der Waals surface area contributed by atoms with Crippen molar-refractivity contribution in [3.8, 4) is 5.75 Å². The maximum Gasteiger partial charge on any atom is 0.242 e.